The molecule has 12 heteroatoms. The molecule has 2 aromatic heterocycles. The van der Waals surface area contributed by atoms with Crippen molar-refractivity contribution in [1.29, 1.82) is 0 Å². The third-order valence-electron chi connectivity index (χ3n) is 6.33. The lowest BCUT2D eigenvalue weighted by atomic mass is 10.2. The molecule has 3 heterocycles. The van der Waals surface area contributed by atoms with Crippen molar-refractivity contribution < 1.29 is 31.1 Å². The molecule has 0 aromatic carbocycles. The Bertz CT molecular complexity index is 1000. The first-order chi connectivity index (χ1) is 15.0. The fourth-order valence-corrected chi connectivity index (χ4v) is 4.74. The van der Waals surface area contributed by atoms with Crippen molar-refractivity contribution in [3.05, 3.63) is 24.3 Å². The molecule has 0 bridgehead atoms. The molecule has 2 saturated carbocycles. The topological polar surface area (TPSA) is 69.2 Å². The van der Waals surface area contributed by atoms with Crippen molar-refractivity contribution in [3.8, 4) is 17.0 Å². The van der Waals surface area contributed by atoms with E-state index in [2.05, 4.69) is 14.7 Å². The summed E-state index contributed by atoms with van der Waals surface area (Å²) in [7, 11) is 0. The highest BCUT2D eigenvalue weighted by Gasteiger charge is 2.58. The van der Waals surface area contributed by atoms with Crippen LogP contribution in [0.3, 0.4) is 0 Å². The number of nitrogens with two attached hydrogens (primary N) is 1. The molecule has 2 aliphatic carbocycles. The summed E-state index contributed by atoms with van der Waals surface area (Å²) in [5.74, 6) is 0.568. The summed E-state index contributed by atoms with van der Waals surface area (Å²) in [5.41, 5.74) is 6.29. The Balaban J connectivity index is 1.38. The molecule has 2 unspecified atom stereocenters. The van der Waals surface area contributed by atoms with Gasteiger partial charge in [0, 0.05) is 43.5 Å². The molecule has 3 aliphatic rings. The number of halogens is 6. The molecular formula is C20H21F6N5O. The average molecular weight is 461 g/mol. The summed E-state index contributed by atoms with van der Waals surface area (Å²) in [6.07, 6.45) is -3.11. The van der Waals surface area contributed by atoms with Gasteiger partial charge >= 0.3 is 12.5 Å². The van der Waals surface area contributed by atoms with Crippen LogP contribution in [-0.2, 0) is 6.42 Å². The lowest BCUT2D eigenvalue weighted by Gasteiger charge is -2.21. The summed E-state index contributed by atoms with van der Waals surface area (Å²) in [5, 5.41) is 0. The minimum atomic E-state index is -4.90. The van der Waals surface area contributed by atoms with E-state index in [9.17, 15) is 26.3 Å². The maximum Gasteiger partial charge on any atom is 0.573 e. The smallest absolute Gasteiger partial charge is 0.402 e. The maximum absolute atomic E-state index is 12.7. The Kier molecular flexibility index (Phi) is 4.84. The number of anilines is 1. The Morgan fingerprint density at radius 1 is 1.09 bits per heavy atom. The average Bonchev–Trinajstić information content (AvgIpc) is 3.50. The van der Waals surface area contributed by atoms with Gasteiger partial charge in [0.2, 0.25) is 0 Å². The number of piperidine rings is 1. The number of nitrogen functional groups attached to an aromatic ring is 1. The maximum atomic E-state index is 12.7. The molecule has 32 heavy (non-hydrogen) atoms. The molecule has 0 amide bonds. The van der Waals surface area contributed by atoms with Crippen LogP contribution in [0.4, 0.5) is 32.2 Å². The van der Waals surface area contributed by atoms with Gasteiger partial charge in [-0.05, 0) is 36.7 Å². The van der Waals surface area contributed by atoms with Gasteiger partial charge in [-0.1, -0.05) is 0 Å². The van der Waals surface area contributed by atoms with Gasteiger partial charge in [-0.15, -0.1) is 13.2 Å². The molecular weight excluding hydrogens is 440 g/mol. The molecule has 5 rings (SSSR count). The zero-order valence-corrected chi connectivity index (χ0v) is 16.8. The van der Waals surface area contributed by atoms with E-state index in [0.717, 1.165) is 31.2 Å². The summed E-state index contributed by atoms with van der Waals surface area (Å²) in [6, 6.07) is 1.21. The van der Waals surface area contributed by atoms with Crippen molar-refractivity contribution in [1.82, 2.24) is 19.4 Å². The number of imidazole rings is 1. The van der Waals surface area contributed by atoms with Gasteiger partial charge in [-0.25, -0.2) is 9.97 Å². The number of pyridine rings is 1. The van der Waals surface area contributed by atoms with Gasteiger partial charge in [0.1, 0.15) is 5.82 Å². The molecule has 0 spiro atoms. The van der Waals surface area contributed by atoms with Crippen LogP contribution < -0.4 is 10.5 Å². The monoisotopic (exact) mass is 461 g/mol. The van der Waals surface area contributed by atoms with E-state index in [0.29, 0.717) is 30.3 Å². The van der Waals surface area contributed by atoms with Crippen LogP contribution >= 0.6 is 0 Å². The van der Waals surface area contributed by atoms with Crippen molar-refractivity contribution in [2.24, 2.45) is 17.8 Å². The quantitative estimate of drug-likeness (QED) is 0.658. The van der Waals surface area contributed by atoms with Crippen LogP contribution in [0.5, 0.6) is 5.75 Å². The number of hydrogen-bond acceptors (Lipinski definition) is 5. The SMILES string of the molecule is Nc1ncc(-c2cn(C3C4CN(CC(F)(F)F)CC43)c(CC3CC3)n2)cc1OC(F)(F)F. The van der Waals surface area contributed by atoms with Gasteiger partial charge < -0.3 is 15.0 Å². The minimum absolute atomic E-state index is 0.0575. The van der Waals surface area contributed by atoms with Crippen LogP contribution in [0, 0.1) is 17.8 Å². The first kappa shape index (κ1) is 21.4. The van der Waals surface area contributed by atoms with E-state index in [1.807, 2.05) is 4.57 Å². The zero-order chi connectivity index (χ0) is 22.8. The summed E-state index contributed by atoms with van der Waals surface area (Å²) >= 11 is 0. The minimum Gasteiger partial charge on any atom is -0.402 e. The molecule has 2 N–H and O–H groups in total. The number of aromatic nitrogens is 3. The Labute approximate surface area is 179 Å². The lowest BCUT2D eigenvalue weighted by Crippen LogP contribution is -2.34. The number of rotatable bonds is 6. The highest BCUT2D eigenvalue weighted by atomic mass is 19.4. The molecule has 174 valence electrons. The van der Waals surface area contributed by atoms with E-state index in [1.165, 1.54) is 11.1 Å². The molecule has 2 aromatic rings. The number of fused-ring (bicyclic) bond motifs is 1. The molecule has 6 nitrogen and oxygen atoms in total. The largest absolute Gasteiger partial charge is 0.573 e. The second-order valence-corrected chi connectivity index (χ2v) is 8.88. The van der Waals surface area contributed by atoms with E-state index in [-0.39, 0.29) is 23.7 Å². The van der Waals surface area contributed by atoms with E-state index in [1.54, 1.807) is 6.20 Å². The van der Waals surface area contributed by atoms with E-state index < -0.39 is 24.8 Å². The second kappa shape index (κ2) is 7.26. The fraction of sp³-hybridized carbons (Fsp3) is 0.600. The number of nitrogens with zero attached hydrogens (tertiary/aromatic N) is 4. The van der Waals surface area contributed by atoms with Crippen molar-refractivity contribution >= 4 is 5.82 Å². The standard InChI is InChI=1S/C20H21F6N5O/c21-19(22,23)9-30-6-12-13(7-30)17(12)31-8-14(29-16(31)3-10-1-2-10)11-4-15(18(27)28-5-11)32-20(24,25)26/h4-5,8,10,12-13,17H,1-3,6-7,9H2,(H2,27,28). The van der Waals surface area contributed by atoms with Gasteiger partial charge in [-0.3, -0.25) is 4.90 Å². The van der Waals surface area contributed by atoms with Crippen molar-refractivity contribution in [2.75, 3.05) is 25.4 Å². The Morgan fingerprint density at radius 3 is 2.38 bits per heavy atom. The first-order valence-electron chi connectivity index (χ1n) is 10.4. The van der Waals surface area contributed by atoms with Crippen LogP contribution in [0.1, 0.15) is 24.7 Å². The van der Waals surface area contributed by atoms with E-state index in [4.69, 9.17) is 5.73 Å². The zero-order valence-electron chi connectivity index (χ0n) is 16.8. The Morgan fingerprint density at radius 2 is 1.78 bits per heavy atom. The third kappa shape index (κ3) is 4.50. The molecule has 1 aliphatic heterocycles. The van der Waals surface area contributed by atoms with Crippen LogP contribution in [0.15, 0.2) is 18.5 Å². The number of ether oxygens (including phenoxy) is 1. The molecule has 3 fully saturated rings. The predicted octanol–water partition coefficient (Wildman–Crippen LogP) is 4.04. The van der Waals surface area contributed by atoms with Crippen LogP contribution in [-0.4, -0.2) is 51.6 Å². The number of hydrogen-bond donors (Lipinski definition) is 1. The van der Waals surface area contributed by atoms with Gasteiger partial charge in [-0.2, -0.15) is 13.2 Å². The summed E-state index contributed by atoms with van der Waals surface area (Å²) < 4.78 is 82.0. The summed E-state index contributed by atoms with van der Waals surface area (Å²) in [6.45, 7) is -0.160. The van der Waals surface area contributed by atoms with E-state index >= 15 is 0 Å². The predicted molar refractivity (Wildman–Crippen MR) is 101 cm³/mol. The molecule has 1 saturated heterocycles. The van der Waals surface area contributed by atoms with Gasteiger partial charge in [0.25, 0.3) is 0 Å². The highest BCUT2D eigenvalue weighted by Crippen LogP contribution is 2.56. The first-order valence-corrected chi connectivity index (χ1v) is 10.4. The van der Waals surface area contributed by atoms with Gasteiger partial charge in [0.05, 0.1) is 12.2 Å². The lowest BCUT2D eigenvalue weighted by molar-refractivity contribution is -0.274. The number of alkyl halides is 6. The second-order valence-electron chi connectivity index (χ2n) is 8.88. The summed E-state index contributed by atoms with van der Waals surface area (Å²) in [4.78, 5) is 9.88. The van der Waals surface area contributed by atoms with Crippen LogP contribution in [0.2, 0.25) is 0 Å². The van der Waals surface area contributed by atoms with Crippen LogP contribution in [0.25, 0.3) is 11.3 Å². The number of likely N-dealkylation sites (tertiary alicyclic amines) is 1. The molecule has 2 atom stereocenters. The fourth-order valence-electron chi connectivity index (χ4n) is 4.74. The normalized spacial score (nSPS) is 25.8. The third-order valence-corrected chi connectivity index (χ3v) is 6.33. The Hall–Kier alpha value is -2.50. The molecule has 0 radical (unpaired) electrons. The highest BCUT2D eigenvalue weighted by molar-refractivity contribution is 5.64. The van der Waals surface area contributed by atoms with Crippen molar-refractivity contribution in [3.63, 3.8) is 0 Å². The van der Waals surface area contributed by atoms with Gasteiger partial charge in [0.15, 0.2) is 11.6 Å². The van der Waals surface area contributed by atoms with Crippen molar-refractivity contribution in [2.45, 2.75) is 37.8 Å².